The first-order valence-corrected chi connectivity index (χ1v) is 10.9. The zero-order valence-corrected chi connectivity index (χ0v) is 18.5. The predicted octanol–water partition coefficient (Wildman–Crippen LogP) is 6.07. The number of fused-ring (bicyclic) bond motifs is 2. The number of alkyl halides is 3. The first kappa shape index (κ1) is 21.8. The van der Waals surface area contributed by atoms with E-state index in [9.17, 15) is 18.0 Å². The number of aromatic nitrogens is 3. The molecule has 2 heterocycles. The van der Waals surface area contributed by atoms with E-state index in [1.54, 1.807) is 18.3 Å². The molecule has 2 aromatic heterocycles. The van der Waals surface area contributed by atoms with Gasteiger partial charge < -0.3 is 5.73 Å². The number of nitrogen functional groups attached to an aromatic ring is 1. The molecule has 0 bridgehead atoms. The Kier molecular flexibility index (Phi) is 5.17. The second-order valence-electron chi connectivity index (χ2n) is 7.68. The monoisotopic (exact) mass is 479 g/mol. The van der Waals surface area contributed by atoms with Crippen LogP contribution in [-0.2, 0) is 6.18 Å². The number of hydrogen-bond acceptors (Lipinski definition) is 6. The number of aryl methyl sites for hydroxylation is 1. The molecule has 3 aromatic carbocycles. The van der Waals surface area contributed by atoms with Crippen molar-refractivity contribution < 1.29 is 18.0 Å². The molecule has 0 unspecified atom stereocenters. The molecule has 0 aliphatic rings. The van der Waals surface area contributed by atoms with E-state index < -0.39 is 17.6 Å². The number of nitrogens with zero attached hydrogens (tertiary/aromatic N) is 3. The lowest BCUT2D eigenvalue weighted by Gasteiger charge is -2.10. The van der Waals surface area contributed by atoms with Gasteiger partial charge in [0.15, 0.2) is 5.13 Å². The maximum atomic E-state index is 13.0. The van der Waals surface area contributed by atoms with E-state index in [1.807, 2.05) is 31.2 Å². The van der Waals surface area contributed by atoms with Gasteiger partial charge in [0.1, 0.15) is 0 Å². The lowest BCUT2D eigenvalue weighted by atomic mass is 9.97. The quantitative estimate of drug-likeness (QED) is 0.328. The molecule has 0 radical (unpaired) electrons. The number of nitrogens with two attached hydrogens (primary N) is 1. The van der Waals surface area contributed by atoms with Gasteiger partial charge in [-0.25, -0.2) is 15.0 Å². The summed E-state index contributed by atoms with van der Waals surface area (Å²) in [4.78, 5) is 25.4. The third kappa shape index (κ3) is 4.15. The van der Waals surface area contributed by atoms with Crippen molar-refractivity contribution in [3.63, 3.8) is 0 Å². The van der Waals surface area contributed by atoms with Gasteiger partial charge in [-0.3, -0.25) is 10.1 Å². The molecule has 5 rings (SSSR count). The molecule has 0 saturated carbocycles. The molecule has 0 fully saturated rings. The van der Waals surface area contributed by atoms with Gasteiger partial charge in [-0.1, -0.05) is 23.5 Å². The predicted molar refractivity (Wildman–Crippen MR) is 127 cm³/mol. The third-order valence-corrected chi connectivity index (χ3v) is 6.28. The standard InChI is InChI=1S/C24H16F3N5OS/c1-12-2-3-14(9-17(12)13-4-6-18-15(8-13)11-29-22(28)30-18)21(33)32-23-31-19-7-5-16(24(25,26)27)10-20(19)34-23/h2-11H,1H3,(H2,28,29,30)(H,31,32,33). The Labute approximate surface area is 195 Å². The molecule has 0 saturated heterocycles. The average Bonchev–Trinajstić information content (AvgIpc) is 3.20. The molecule has 1 amide bonds. The summed E-state index contributed by atoms with van der Waals surface area (Å²) >= 11 is 0.990. The molecular weight excluding hydrogens is 463 g/mol. The molecule has 0 aliphatic heterocycles. The molecule has 34 heavy (non-hydrogen) atoms. The molecule has 0 aliphatic carbocycles. The highest BCUT2D eigenvalue weighted by Crippen LogP contribution is 2.34. The van der Waals surface area contributed by atoms with E-state index in [0.717, 1.165) is 45.5 Å². The molecular formula is C24H16F3N5OS. The van der Waals surface area contributed by atoms with Crippen LogP contribution in [0, 0.1) is 6.92 Å². The van der Waals surface area contributed by atoms with Crippen LogP contribution in [0.4, 0.5) is 24.3 Å². The SMILES string of the molecule is Cc1ccc(C(=O)Nc2nc3ccc(C(F)(F)F)cc3s2)cc1-c1ccc2nc(N)ncc2c1. The summed E-state index contributed by atoms with van der Waals surface area (Å²) in [5, 5.41) is 3.73. The fourth-order valence-electron chi connectivity index (χ4n) is 3.61. The molecule has 0 spiro atoms. The smallest absolute Gasteiger partial charge is 0.368 e. The number of hydrogen-bond donors (Lipinski definition) is 2. The van der Waals surface area contributed by atoms with Gasteiger partial charge in [0.05, 0.1) is 21.3 Å². The Bertz CT molecular complexity index is 1580. The van der Waals surface area contributed by atoms with E-state index in [-0.39, 0.29) is 11.1 Å². The van der Waals surface area contributed by atoms with Crippen LogP contribution >= 0.6 is 11.3 Å². The number of thiazole rings is 1. The van der Waals surface area contributed by atoms with Crippen molar-refractivity contribution in [2.24, 2.45) is 0 Å². The number of rotatable bonds is 3. The lowest BCUT2D eigenvalue weighted by molar-refractivity contribution is -0.137. The van der Waals surface area contributed by atoms with Crippen LogP contribution in [0.25, 0.3) is 32.2 Å². The first-order valence-electron chi connectivity index (χ1n) is 10.1. The number of nitrogens with one attached hydrogen (secondary N) is 1. The number of amides is 1. The fourth-order valence-corrected chi connectivity index (χ4v) is 4.51. The van der Waals surface area contributed by atoms with Gasteiger partial charge in [-0.05, 0) is 66.1 Å². The van der Waals surface area contributed by atoms with Crippen molar-refractivity contribution in [1.82, 2.24) is 15.0 Å². The average molecular weight is 479 g/mol. The Morgan fingerprint density at radius 3 is 2.59 bits per heavy atom. The van der Waals surface area contributed by atoms with Crippen LogP contribution in [0.5, 0.6) is 0 Å². The van der Waals surface area contributed by atoms with Crippen molar-refractivity contribution in [1.29, 1.82) is 0 Å². The summed E-state index contributed by atoms with van der Waals surface area (Å²) < 4.78 is 39.3. The highest BCUT2D eigenvalue weighted by atomic mass is 32.1. The summed E-state index contributed by atoms with van der Waals surface area (Å²) in [5.41, 5.74) is 9.08. The number of anilines is 2. The van der Waals surface area contributed by atoms with Gasteiger partial charge in [0.2, 0.25) is 5.95 Å². The van der Waals surface area contributed by atoms with Crippen molar-refractivity contribution in [2.45, 2.75) is 13.1 Å². The van der Waals surface area contributed by atoms with Crippen molar-refractivity contribution in [3.8, 4) is 11.1 Å². The lowest BCUT2D eigenvalue weighted by Crippen LogP contribution is -2.11. The molecule has 170 valence electrons. The third-order valence-electron chi connectivity index (χ3n) is 5.35. The molecule has 6 nitrogen and oxygen atoms in total. The zero-order valence-electron chi connectivity index (χ0n) is 17.6. The summed E-state index contributed by atoms with van der Waals surface area (Å²) in [7, 11) is 0. The maximum absolute atomic E-state index is 13.0. The van der Waals surface area contributed by atoms with E-state index in [4.69, 9.17) is 5.73 Å². The van der Waals surface area contributed by atoms with Gasteiger partial charge >= 0.3 is 6.18 Å². The Hall–Kier alpha value is -4.05. The number of carbonyl (C=O) groups is 1. The number of benzene rings is 3. The van der Waals surface area contributed by atoms with E-state index in [0.29, 0.717) is 21.3 Å². The van der Waals surface area contributed by atoms with Crippen LogP contribution < -0.4 is 11.1 Å². The molecule has 3 N–H and O–H groups in total. The maximum Gasteiger partial charge on any atom is 0.416 e. The van der Waals surface area contributed by atoms with Crippen molar-refractivity contribution in [2.75, 3.05) is 11.1 Å². The normalized spacial score (nSPS) is 11.8. The molecule has 10 heteroatoms. The summed E-state index contributed by atoms with van der Waals surface area (Å²) in [5.74, 6) is -0.215. The molecule has 5 aromatic rings. The van der Waals surface area contributed by atoms with Gasteiger partial charge in [-0.15, -0.1) is 0 Å². The van der Waals surface area contributed by atoms with Crippen LogP contribution in [0.2, 0.25) is 0 Å². The Morgan fingerprint density at radius 1 is 1.00 bits per heavy atom. The van der Waals surface area contributed by atoms with E-state index >= 15 is 0 Å². The highest BCUT2D eigenvalue weighted by Gasteiger charge is 2.30. The van der Waals surface area contributed by atoms with Crippen LogP contribution in [0.15, 0.2) is 60.8 Å². The minimum absolute atomic E-state index is 0.194. The van der Waals surface area contributed by atoms with E-state index in [1.165, 1.54) is 6.07 Å². The Morgan fingerprint density at radius 2 is 1.79 bits per heavy atom. The van der Waals surface area contributed by atoms with Crippen LogP contribution in [0.1, 0.15) is 21.5 Å². The number of halogens is 3. The fraction of sp³-hybridized carbons (Fsp3) is 0.0833. The van der Waals surface area contributed by atoms with Crippen molar-refractivity contribution in [3.05, 3.63) is 77.5 Å². The van der Waals surface area contributed by atoms with Gasteiger partial charge in [0, 0.05) is 17.1 Å². The topological polar surface area (TPSA) is 93.8 Å². The second kappa shape index (κ2) is 8.07. The van der Waals surface area contributed by atoms with Crippen LogP contribution in [-0.4, -0.2) is 20.9 Å². The number of carbonyl (C=O) groups excluding carboxylic acids is 1. The second-order valence-corrected chi connectivity index (χ2v) is 8.72. The first-order chi connectivity index (χ1) is 16.2. The van der Waals surface area contributed by atoms with Gasteiger partial charge in [-0.2, -0.15) is 13.2 Å². The minimum Gasteiger partial charge on any atom is -0.368 e. The summed E-state index contributed by atoms with van der Waals surface area (Å²) in [6, 6.07) is 14.2. The highest BCUT2D eigenvalue weighted by molar-refractivity contribution is 7.22. The largest absolute Gasteiger partial charge is 0.416 e. The summed E-state index contributed by atoms with van der Waals surface area (Å²) in [6.45, 7) is 1.94. The van der Waals surface area contributed by atoms with Crippen LogP contribution in [0.3, 0.4) is 0 Å². The zero-order chi connectivity index (χ0) is 24.0. The van der Waals surface area contributed by atoms with Crippen molar-refractivity contribution >= 4 is 49.4 Å². The van der Waals surface area contributed by atoms with E-state index in [2.05, 4.69) is 20.3 Å². The summed E-state index contributed by atoms with van der Waals surface area (Å²) in [6.07, 6.45) is -2.80. The van der Waals surface area contributed by atoms with Gasteiger partial charge in [0.25, 0.3) is 5.91 Å². The minimum atomic E-state index is -4.44. The molecule has 0 atom stereocenters. The Balaban J connectivity index is 1.44.